The molecule has 0 amide bonds. The van der Waals surface area contributed by atoms with E-state index in [-0.39, 0.29) is 0 Å². The van der Waals surface area contributed by atoms with Crippen molar-refractivity contribution in [2.75, 3.05) is 27.2 Å². The normalized spacial score (nSPS) is 9.88. The molecule has 0 aliphatic carbocycles. The lowest BCUT2D eigenvalue weighted by Gasteiger charge is -2.12. The van der Waals surface area contributed by atoms with E-state index in [4.69, 9.17) is 10.00 Å². The summed E-state index contributed by atoms with van der Waals surface area (Å²) < 4.78 is 5.49. The fourth-order valence-corrected chi connectivity index (χ4v) is 1.17. The van der Waals surface area contributed by atoms with Gasteiger partial charge in [0.2, 0.25) is 0 Å². The predicted octanol–water partition coefficient (Wildman–Crippen LogP) is 2.11. The van der Waals surface area contributed by atoms with Gasteiger partial charge in [0.25, 0.3) is 0 Å². The lowest BCUT2D eigenvalue weighted by Crippen LogP contribution is -2.17. The number of benzene rings is 1. The van der Waals surface area contributed by atoms with Crippen LogP contribution in [0, 0.1) is 11.3 Å². The molecule has 84 valence electrons. The van der Waals surface area contributed by atoms with E-state index in [9.17, 15) is 0 Å². The highest BCUT2D eigenvalue weighted by atomic mass is 16.5. The first-order valence-corrected chi connectivity index (χ1v) is 5.10. The van der Waals surface area contributed by atoms with E-state index in [1.807, 2.05) is 31.1 Å². The molecule has 0 heterocycles. The van der Waals surface area contributed by atoms with E-state index in [0.29, 0.717) is 17.9 Å². The molecule has 0 aromatic heterocycles. The lowest BCUT2D eigenvalue weighted by molar-refractivity contribution is 0.233. The van der Waals surface area contributed by atoms with Crippen molar-refractivity contribution in [3.63, 3.8) is 0 Å². The molecule has 0 fully saturated rings. The number of ether oxygens (including phenoxy) is 1. The second-order valence-electron chi connectivity index (χ2n) is 3.76. The van der Waals surface area contributed by atoms with Gasteiger partial charge < -0.3 is 9.64 Å². The topological polar surface area (TPSA) is 36.3 Å². The lowest BCUT2D eigenvalue weighted by atomic mass is 10.1. The number of nitrogens with zero attached hydrogens (tertiary/aromatic N) is 2. The van der Waals surface area contributed by atoms with Crippen molar-refractivity contribution in [1.82, 2.24) is 4.90 Å². The van der Waals surface area contributed by atoms with E-state index in [0.717, 1.165) is 12.1 Å². The highest BCUT2D eigenvalue weighted by Crippen LogP contribution is 2.14. The van der Waals surface area contributed by atoms with Gasteiger partial charge in [0.15, 0.2) is 0 Å². The second kappa shape index (κ2) is 5.94. The quantitative estimate of drug-likeness (QED) is 0.707. The van der Waals surface area contributed by atoms with Crippen molar-refractivity contribution in [3.05, 3.63) is 42.0 Å². The third-order valence-electron chi connectivity index (χ3n) is 2.15. The van der Waals surface area contributed by atoms with Crippen molar-refractivity contribution in [2.45, 2.75) is 0 Å². The fourth-order valence-electron chi connectivity index (χ4n) is 1.17. The summed E-state index contributed by atoms with van der Waals surface area (Å²) in [5.41, 5.74) is 1.56. The van der Waals surface area contributed by atoms with Crippen LogP contribution in [0.5, 0.6) is 0 Å². The molecule has 3 heteroatoms. The number of rotatable bonds is 5. The van der Waals surface area contributed by atoms with E-state index >= 15 is 0 Å². The first-order chi connectivity index (χ1) is 7.63. The Hall–Kier alpha value is -1.79. The zero-order chi connectivity index (χ0) is 12.0. The van der Waals surface area contributed by atoms with Crippen LogP contribution in [0.4, 0.5) is 0 Å². The van der Waals surface area contributed by atoms with Gasteiger partial charge in [0.1, 0.15) is 12.4 Å². The minimum absolute atomic E-state index is 0.617. The molecule has 0 spiro atoms. The Morgan fingerprint density at radius 2 is 2.00 bits per heavy atom. The van der Waals surface area contributed by atoms with Gasteiger partial charge in [-0.25, -0.2) is 0 Å². The predicted molar refractivity (Wildman–Crippen MR) is 64.7 cm³/mol. The van der Waals surface area contributed by atoms with Crippen LogP contribution in [-0.2, 0) is 4.74 Å². The third kappa shape index (κ3) is 3.76. The number of hydrogen-bond donors (Lipinski definition) is 0. The molecule has 0 bridgehead atoms. The molecule has 0 aliphatic heterocycles. The summed E-state index contributed by atoms with van der Waals surface area (Å²) in [5.74, 6) is 0.645. The molecule has 16 heavy (non-hydrogen) atoms. The van der Waals surface area contributed by atoms with Crippen molar-refractivity contribution >= 4 is 5.76 Å². The van der Waals surface area contributed by atoms with Crippen LogP contribution in [0.2, 0.25) is 0 Å². The van der Waals surface area contributed by atoms with Gasteiger partial charge in [-0.05, 0) is 38.4 Å². The third-order valence-corrected chi connectivity index (χ3v) is 2.15. The van der Waals surface area contributed by atoms with Crippen LogP contribution < -0.4 is 0 Å². The Labute approximate surface area is 96.6 Å². The molecule has 0 N–H and O–H groups in total. The van der Waals surface area contributed by atoms with Crippen molar-refractivity contribution in [2.24, 2.45) is 0 Å². The molecular weight excluding hydrogens is 200 g/mol. The van der Waals surface area contributed by atoms with Crippen LogP contribution >= 0.6 is 0 Å². The summed E-state index contributed by atoms with van der Waals surface area (Å²) in [5, 5.41) is 8.66. The number of likely N-dealkylation sites (N-methyl/N-ethyl adjacent to an activating group) is 1. The maximum atomic E-state index is 8.66. The van der Waals surface area contributed by atoms with Crippen LogP contribution in [0.1, 0.15) is 11.1 Å². The summed E-state index contributed by atoms with van der Waals surface area (Å²) in [6.45, 7) is 5.33. The Morgan fingerprint density at radius 1 is 1.38 bits per heavy atom. The zero-order valence-electron chi connectivity index (χ0n) is 9.73. The van der Waals surface area contributed by atoms with Crippen LogP contribution in [0.3, 0.4) is 0 Å². The summed E-state index contributed by atoms with van der Waals surface area (Å²) in [6.07, 6.45) is 0. The average molecular weight is 216 g/mol. The first kappa shape index (κ1) is 12.3. The molecule has 0 radical (unpaired) electrons. The zero-order valence-corrected chi connectivity index (χ0v) is 9.73. The largest absolute Gasteiger partial charge is 0.492 e. The monoisotopic (exact) mass is 216 g/mol. The summed E-state index contributed by atoms with van der Waals surface area (Å²) in [4.78, 5) is 2.05. The van der Waals surface area contributed by atoms with Gasteiger partial charge in [-0.3, -0.25) is 0 Å². The maximum Gasteiger partial charge on any atom is 0.119 e. The molecule has 0 saturated carbocycles. The highest BCUT2D eigenvalue weighted by Gasteiger charge is 2.00. The van der Waals surface area contributed by atoms with Crippen molar-refractivity contribution in [1.29, 1.82) is 5.26 Å². The van der Waals surface area contributed by atoms with Crippen LogP contribution in [-0.4, -0.2) is 32.1 Å². The van der Waals surface area contributed by atoms with Gasteiger partial charge in [0, 0.05) is 12.1 Å². The summed E-state index contributed by atoms with van der Waals surface area (Å²) >= 11 is 0. The fraction of sp³-hybridized carbons (Fsp3) is 0.308. The van der Waals surface area contributed by atoms with Crippen molar-refractivity contribution in [3.8, 4) is 6.07 Å². The van der Waals surface area contributed by atoms with Crippen LogP contribution in [0.15, 0.2) is 30.8 Å². The minimum Gasteiger partial charge on any atom is -0.492 e. The molecule has 1 aromatic rings. The van der Waals surface area contributed by atoms with Gasteiger partial charge in [-0.2, -0.15) is 5.26 Å². The average Bonchev–Trinajstić information content (AvgIpc) is 2.28. The minimum atomic E-state index is 0.617. The molecular formula is C13H16N2O. The molecule has 3 nitrogen and oxygen atoms in total. The number of nitriles is 1. The van der Waals surface area contributed by atoms with Gasteiger partial charge in [-0.15, -0.1) is 0 Å². The number of hydrogen-bond acceptors (Lipinski definition) is 3. The molecule has 1 rings (SSSR count). The molecule has 1 aromatic carbocycles. The van der Waals surface area contributed by atoms with E-state index in [2.05, 4.69) is 12.6 Å². The highest BCUT2D eigenvalue weighted by molar-refractivity contribution is 5.58. The maximum absolute atomic E-state index is 8.66. The van der Waals surface area contributed by atoms with Crippen molar-refractivity contribution < 1.29 is 4.74 Å². The van der Waals surface area contributed by atoms with E-state index in [1.165, 1.54) is 0 Å². The molecule has 0 unspecified atom stereocenters. The molecule has 0 aliphatic rings. The standard InChI is InChI=1S/C13H16N2O/c1-11(16-9-8-15(2)3)13-6-4-12(10-14)5-7-13/h4-7H,1,8-9H2,2-3H3. The summed E-state index contributed by atoms with van der Waals surface area (Å²) in [7, 11) is 3.99. The van der Waals surface area contributed by atoms with Crippen LogP contribution in [0.25, 0.3) is 5.76 Å². The van der Waals surface area contributed by atoms with Gasteiger partial charge in [-0.1, -0.05) is 6.58 Å². The Kier molecular flexibility index (Phi) is 4.56. The van der Waals surface area contributed by atoms with E-state index in [1.54, 1.807) is 12.1 Å². The Bertz CT molecular complexity index is 387. The Morgan fingerprint density at radius 3 is 2.50 bits per heavy atom. The molecule has 0 saturated heterocycles. The SMILES string of the molecule is C=C(OCCN(C)C)c1ccc(C#N)cc1. The Balaban J connectivity index is 2.50. The van der Waals surface area contributed by atoms with Gasteiger partial charge >= 0.3 is 0 Å². The summed E-state index contributed by atoms with van der Waals surface area (Å²) in [6, 6.07) is 9.28. The van der Waals surface area contributed by atoms with Gasteiger partial charge in [0.05, 0.1) is 11.6 Å². The van der Waals surface area contributed by atoms with E-state index < -0.39 is 0 Å². The first-order valence-electron chi connectivity index (χ1n) is 5.10. The smallest absolute Gasteiger partial charge is 0.119 e. The second-order valence-corrected chi connectivity index (χ2v) is 3.76. The molecule has 0 atom stereocenters.